The van der Waals surface area contributed by atoms with E-state index in [-0.39, 0.29) is 12.3 Å². The van der Waals surface area contributed by atoms with Crippen LogP contribution in [0.25, 0.3) is 42.4 Å². The molecule has 2 nitrogen and oxygen atoms in total. The molecule has 4 heterocycles. The third kappa shape index (κ3) is 5.35. The molecule has 9 aromatic carbocycles. The molecule has 4 heteroatoms. The van der Waals surface area contributed by atoms with Gasteiger partial charge in [0.1, 0.15) is 0 Å². The monoisotopic (exact) mass is 850 g/mol. The van der Waals surface area contributed by atoms with Gasteiger partial charge in [0.25, 0.3) is 0 Å². The second-order valence-electron chi connectivity index (χ2n) is 19.3. The normalized spacial score (nSPS) is 14.3. The van der Waals surface area contributed by atoms with Crippen molar-refractivity contribution in [3.8, 4) is 22.3 Å². The summed E-state index contributed by atoms with van der Waals surface area (Å²) in [4.78, 5) is 5.35. The van der Waals surface area contributed by atoms with Crippen molar-refractivity contribution in [1.82, 2.24) is 0 Å². The zero-order valence-electron chi connectivity index (χ0n) is 37.4. The Morgan fingerprint density at radius 1 is 0.508 bits per heavy atom. The first-order chi connectivity index (χ1) is 31.7. The van der Waals surface area contributed by atoms with E-state index in [9.17, 15) is 0 Å². The van der Waals surface area contributed by atoms with Crippen LogP contribution in [0.5, 0.6) is 0 Å². The molecule has 0 unspecified atom stereocenters. The topological polar surface area (TPSA) is 6.48 Å². The zero-order valence-corrected chi connectivity index (χ0v) is 38.2. The summed E-state index contributed by atoms with van der Waals surface area (Å²) in [5, 5.41) is 2.62. The lowest BCUT2D eigenvalue weighted by Crippen LogP contribution is -2.62. The van der Waals surface area contributed by atoms with Gasteiger partial charge in [-0.1, -0.05) is 166 Å². The molecular formula is C61H47BN2S. The Kier molecular flexibility index (Phi) is 8.22. The highest BCUT2D eigenvalue weighted by atomic mass is 32.1. The molecule has 310 valence electrons. The molecule has 0 spiro atoms. The van der Waals surface area contributed by atoms with Crippen molar-refractivity contribution in [2.45, 2.75) is 45.4 Å². The maximum atomic E-state index is 2.69. The van der Waals surface area contributed by atoms with Crippen LogP contribution in [0.2, 0.25) is 0 Å². The summed E-state index contributed by atoms with van der Waals surface area (Å²) < 4.78 is 2.63. The first kappa shape index (κ1) is 38.3. The molecule has 0 fully saturated rings. The summed E-state index contributed by atoms with van der Waals surface area (Å²) in [6.07, 6.45) is 0. The second kappa shape index (κ2) is 13.9. The van der Waals surface area contributed by atoms with Crippen molar-refractivity contribution in [3.63, 3.8) is 0 Å². The summed E-state index contributed by atoms with van der Waals surface area (Å²) in [6, 6.07) is 74.1. The number of hydrogen-bond acceptors (Lipinski definition) is 3. The third-order valence-electron chi connectivity index (χ3n) is 14.7. The number of para-hydroxylation sites is 2. The van der Waals surface area contributed by atoms with Crippen LogP contribution in [0, 0.1) is 13.8 Å². The fraction of sp³-hybridized carbons (Fsp3) is 0.115. The molecule has 0 saturated heterocycles. The summed E-state index contributed by atoms with van der Waals surface area (Å²) in [5.41, 5.74) is 22.4. The van der Waals surface area contributed by atoms with E-state index in [2.05, 4.69) is 238 Å². The molecule has 0 atom stereocenters. The Morgan fingerprint density at radius 3 is 1.88 bits per heavy atom. The largest absolute Gasteiger partial charge is 0.376 e. The van der Waals surface area contributed by atoms with E-state index in [4.69, 9.17) is 0 Å². The number of aryl methyl sites for hydroxylation is 2. The predicted octanol–water partition coefficient (Wildman–Crippen LogP) is 15.0. The number of rotatable bonds is 4. The van der Waals surface area contributed by atoms with Gasteiger partial charge in [-0.25, -0.2) is 0 Å². The molecule has 65 heavy (non-hydrogen) atoms. The number of fused-ring (bicyclic) bond motifs is 9. The van der Waals surface area contributed by atoms with Crippen molar-refractivity contribution in [3.05, 3.63) is 233 Å². The van der Waals surface area contributed by atoms with Crippen molar-refractivity contribution in [2.24, 2.45) is 0 Å². The highest BCUT2D eigenvalue weighted by Crippen LogP contribution is 2.60. The number of anilines is 5. The van der Waals surface area contributed by atoms with Crippen LogP contribution in [0.1, 0.15) is 59.7 Å². The zero-order chi connectivity index (χ0) is 43.8. The fourth-order valence-corrected chi connectivity index (χ4v) is 13.0. The van der Waals surface area contributed by atoms with Crippen LogP contribution in [0.3, 0.4) is 0 Å². The molecule has 3 aliphatic heterocycles. The second-order valence-corrected chi connectivity index (χ2v) is 20.4. The molecule has 0 bridgehead atoms. The van der Waals surface area contributed by atoms with Crippen LogP contribution in [0.4, 0.5) is 28.4 Å². The first-order valence-electron chi connectivity index (χ1n) is 23.0. The van der Waals surface area contributed by atoms with Crippen LogP contribution >= 0.6 is 11.3 Å². The summed E-state index contributed by atoms with van der Waals surface area (Å²) in [7, 11) is 0. The molecule has 13 rings (SSSR count). The third-order valence-corrected chi connectivity index (χ3v) is 15.8. The Bertz CT molecular complexity index is 3500. The molecule has 0 amide bonds. The molecule has 3 aliphatic rings. The average Bonchev–Trinajstić information content (AvgIpc) is 3.70. The molecular weight excluding hydrogens is 804 g/mol. The minimum Gasteiger partial charge on any atom is -0.376 e. The highest BCUT2D eigenvalue weighted by molar-refractivity contribution is 7.25. The van der Waals surface area contributed by atoms with E-state index in [1.807, 2.05) is 11.3 Å². The van der Waals surface area contributed by atoms with Gasteiger partial charge >= 0.3 is 6.85 Å². The predicted molar refractivity (Wildman–Crippen MR) is 279 cm³/mol. The van der Waals surface area contributed by atoms with Gasteiger partial charge in [-0.3, -0.25) is 0 Å². The Labute approximate surface area is 386 Å². The number of hydrogen-bond donors (Lipinski definition) is 0. The van der Waals surface area contributed by atoms with Gasteiger partial charge in [-0.15, -0.1) is 11.3 Å². The number of benzene rings is 9. The molecule has 0 N–H and O–H groups in total. The van der Waals surface area contributed by atoms with E-state index in [0.717, 1.165) is 0 Å². The Hall–Kier alpha value is -7.14. The maximum Gasteiger partial charge on any atom is 0.333 e. The van der Waals surface area contributed by atoms with Crippen LogP contribution in [-0.4, -0.2) is 6.85 Å². The molecule has 0 saturated carbocycles. The quantitative estimate of drug-likeness (QED) is 0.163. The standard InChI is InChI=1S/C61H47BN2S/c1-38-18-16-19-39(2)57(38)40-34-48-46-37-56-47(45-24-12-15-29-55(45)65-56)36-53(46)64(44-32-30-41(31-33-44)60(3,4)5)62-51-27-17-26-50-59(51)63(54(35-40)58(48)62)52-28-14-13-25-49(52)61(50,42-20-8-6-9-21-42)43-22-10-7-11-23-43/h6-37H,1-5H3. The SMILES string of the molecule is Cc1cccc(C)c1-c1cc2c3c(c1)N1c4ccccc4C(c4ccccc4)(c4ccccc4)c4cccc(c41)B3N(c1ccc(C(C)(C)C)cc1)c1cc3c(cc1-2)sc1ccccc13. The minimum absolute atomic E-state index is 0.0272. The van der Waals surface area contributed by atoms with Gasteiger partial charge in [0, 0.05) is 48.5 Å². The lowest BCUT2D eigenvalue weighted by molar-refractivity contribution is 0.590. The summed E-state index contributed by atoms with van der Waals surface area (Å²) >= 11 is 1.90. The lowest BCUT2D eigenvalue weighted by atomic mass is 9.42. The van der Waals surface area contributed by atoms with E-state index >= 15 is 0 Å². The smallest absolute Gasteiger partial charge is 0.333 e. The summed E-state index contributed by atoms with van der Waals surface area (Å²) in [5.74, 6) is 0. The lowest BCUT2D eigenvalue weighted by Gasteiger charge is -2.52. The van der Waals surface area contributed by atoms with E-state index < -0.39 is 5.41 Å². The van der Waals surface area contributed by atoms with Gasteiger partial charge in [0.2, 0.25) is 0 Å². The van der Waals surface area contributed by atoms with Crippen LogP contribution in [0.15, 0.2) is 194 Å². The van der Waals surface area contributed by atoms with E-state index in [1.54, 1.807) is 0 Å². The van der Waals surface area contributed by atoms with Gasteiger partial charge in [-0.05, 0) is 134 Å². The maximum absolute atomic E-state index is 2.69. The fourth-order valence-electron chi connectivity index (χ4n) is 11.9. The Balaban J connectivity index is 1.21. The summed E-state index contributed by atoms with van der Waals surface area (Å²) in [6.45, 7) is 11.3. The van der Waals surface area contributed by atoms with Crippen LogP contribution < -0.4 is 20.6 Å². The average molecular weight is 851 g/mol. The van der Waals surface area contributed by atoms with Gasteiger partial charge in [0.05, 0.1) is 11.1 Å². The van der Waals surface area contributed by atoms with Crippen molar-refractivity contribution in [1.29, 1.82) is 0 Å². The number of nitrogens with zero attached hydrogens (tertiary/aromatic N) is 2. The molecule has 0 aliphatic carbocycles. The number of thiophene rings is 1. The van der Waals surface area contributed by atoms with E-state index in [0.29, 0.717) is 0 Å². The van der Waals surface area contributed by atoms with Gasteiger partial charge in [0.15, 0.2) is 0 Å². The van der Waals surface area contributed by atoms with Crippen molar-refractivity contribution < 1.29 is 0 Å². The van der Waals surface area contributed by atoms with Gasteiger partial charge < -0.3 is 9.71 Å². The van der Waals surface area contributed by atoms with Crippen molar-refractivity contribution in [2.75, 3.05) is 9.71 Å². The highest BCUT2D eigenvalue weighted by Gasteiger charge is 2.53. The molecule has 0 radical (unpaired) electrons. The first-order valence-corrected chi connectivity index (χ1v) is 23.8. The Morgan fingerprint density at radius 2 is 1.15 bits per heavy atom. The molecule has 10 aromatic rings. The van der Waals surface area contributed by atoms with Crippen molar-refractivity contribution >= 4 is 77.7 Å². The van der Waals surface area contributed by atoms with Crippen LogP contribution in [-0.2, 0) is 10.8 Å². The minimum atomic E-state index is -0.584. The molecule has 1 aromatic heterocycles. The van der Waals surface area contributed by atoms with Gasteiger partial charge in [-0.2, -0.15) is 0 Å². The van der Waals surface area contributed by atoms with E-state index in [1.165, 1.54) is 121 Å².